The Morgan fingerprint density at radius 3 is 1.88 bits per heavy atom. The molecule has 0 radical (unpaired) electrons. The van der Waals surface area contributed by atoms with Gasteiger partial charge in [0.25, 0.3) is 0 Å². The van der Waals surface area contributed by atoms with Crippen molar-refractivity contribution in [2.45, 2.75) is 38.5 Å². The smallest absolute Gasteiger partial charge is 0.331 e. The summed E-state index contributed by atoms with van der Waals surface area (Å²) in [7, 11) is 0. The van der Waals surface area contributed by atoms with E-state index in [0.29, 0.717) is 17.4 Å². The van der Waals surface area contributed by atoms with Crippen LogP contribution in [0.5, 0.6) is 0 Å². The molecule has 0 aromatic heterocycles. The molecule has 2 fully saturated rings. The molecule has 4 rings (SSSR count). The van der Waals surface area contributed by atoms with Gasteiger partial charge < -0.3 is 5.11 Å². The third-order valence-corrected chi connectivity index (χ3v) is 4.74. The van der Waals surface area contributed by atoms with Crippen molar-refractivity contribution in [3.63, 3.8) is 0 Å². The third kappa shape index (κ3) is 2.18. The summed E-state index contributed by atoms with van der Waals surface area (Å²) in [4.78, 5) is 10.5. The molecule has 1 N–H and O–H groups in total. The van der Waals surface area contributed by atoms with E-state index in [0.717, 1.165) is 24.7 Å². The summed E-state index contributed by atoms with van der Waals surface area (Å²) >= 11 is 0. The standard InChI is InChI=1S/C8H10O2.C7H10/c9-8(10)7-4-5-1-2-6(7)3-5;1-2-7-4-3-6(1)5-7/h4-6H,1-3H2,(H,9,10);1-2,6-7H,3-5H2. The predicted molar refractivity (Wildman–Crippen MR) is 66.5 cm³/mol. The molecule has 4 bridgehead atoms. The Morgan fingerprint density at radius 1 is 1.00 bits per heavy atom. The average molecular weight is 232 g/mol. The molecule has 2 nitrogen and oxygen atoms in total. The normalized spacial score (nSPS) is 40.1. The lowest BCUT2D eigenvalue weighted by Gasteiger charge is -2.06. The molecule has 17 heavy (non-hydrogen) atoms. The molecule has 2 saturated carbocycles. The first-order chi connectivity index (χ1) is 8.22. The van der Waals surface area contributed by atoms with E-state index in [1.165, 1.54) is 25.7 Å². The summed E-state index contributed by atoms with van der Waals surface area (Å²) in [5.74, 6) is 2.26. The summed E-state index contributed by atoms with van der Waals surface area (Å²) in [6, 6.07) is 0. The summed E-state index contributed by atoms with van der Waals surface area (Å²) in [6.45, 7) is 0. The second-order valence-electron chi connectivity index (χ2n) is 5.92. The second-order valence-corrected chi connectivity index (χ2v) is 5.92. The fourth-order valence-electron chi connectivity index (χ4n) is 3.80. The van der Waals surface area contributed by atoms with Gasteiger partial charge in [-0.25, -0.2) is 4.79 Å². The fourth-order valence-corrected chi connectivity index (χ4v) is 3.80. The van der Waals surface area contributed by atoms with Crippen molar-refractivity contribution in [1.82, 2.24) is 0 Å². The number of carboxylic acid groups (broad SMARTS) is 1. The van der Waals surface area contributed by atoms with Crippen LogP contribution in [0.3, 0.4) is 0 Å². The Bertz CT molecular complexity index is 368. The number of carboxylic acids is 1. The highest BCUT2D eigenvalue weighted by molar-refractivity contribution is 5.88. The lowest BCUT2D eigenvalue weighted by Crippen LogP contribution is -2.07. The molecule has 0 amide bonds. The number of carbonyl (C=O) groups is 1. The highest BCUT2D eigenvalue weighted by atomic mass is 16.4. The van der Waals surface area contributed by atoms with Crippen LogP contribution in [0.4, 0.5) is 0 Å². The molecule has 4 atom stereocenters. The van der Waals surface area contributed by atoms with E-state index in [-0.39, 0.29) is 0 Å². The minimum absolute atomic E-state index is 0.391. The van der Waals surface area contributed by atoms with Gasteiger partial charge in [-0.3, -0.25) is 0 Å². The van der Waals surface area contributed by atoms with Crippen LogP contribution in [0.25, 0.3) is 0 Å². The van der Waals surface area contributed by atoms with Crippen molar-refractivity contribution in [3.05, 3.63) is 23.8 Å². The van der Waals surface area contributed by atoms with Crippen LogP contribution < -0.4 is 0 Å². The zero-order valence-corrected chi connectivity index (χ0v) is 10.1. The number of hydrogen-bond donors (Lipinski definition) is 1. The molecule has 0 aromatic carbocycles. The molecule has 0 spiro atoms. The zero-order chi connectivity index (χ0) is 11.8. The van der Waals surface area contributed by atoms with Gasteiger partial charge in [-0.15, -0.1) is 0 Å². The van der Waals surface area contributed by atoms with Crippen molar-refractivity contribution in [1.29, 1.82) is 0 Å². The van der Waals surface area contributed by atoms with Gasteiger partial charge in [0.2, 0.25) is 0 Å². The molecule has 0 saturated heterocycles. The van der Waals surface area contributed by atoms with Crippen molar-refractivity contribution in [2.24, 2.45) is 23.7 Å². The lowest BCUT2D eigenvalue weighted by molar-refractivity contribution is -0.133. The number of rotatable bonds is 1. The van der Waals surface area contributed by atoms with Crippen molar-refractivity contribution < 1.29 is 9.90 Å². The number of hydrogen-bond acceptors (Lipinski definition) is 1. The second kappa shape index (κ2) is 4.32. The third-order valence-electron chi connectivity index (χ3n) is 4.74. The number of fused-ring (bicyclic) bond motifs is 4. The molecule has 4 unspecified atom stereocenters. The zero-order valence-electron chi connectivity index (χ0n) is 10.1. The van der Waals surface area contributed by atoms with Gasteiger partial charge in [0, 0.05) is 5.57 Å². The first kappa shape index (κ1) is 11.1. The largest absolute Gasteiger partial charge is 0.478 e. The summed E-state index contributed by atoms with van der Waals surface area (Å²) in [5, 5.41) is 8.67. The highest BCUT2D eigenvalue weighted by Gasteiger charge is 2.35. The topological polar surface area (TPSA) is 37.3 Å². The van der Waals surface area contributed by atoms with E-state index in [2.05, 4.69) is 12.2 Å². The van der Waals surface area contributed by atoms with Crippen LogP contribution >= 0.6 is 0 Å². The van der Waals surface area contributed by atoms with Crippen LogP contribution in [-0.4, -0.2) is 11.1 Å². The molecule has 4 aliphatic rings. The van der Waals surface area contributed by atoms with Gasteiger partial charge in [-0.2, -0.15) is 0 Å². The SMILES string of the molecule is C1=CC2CCC1C2.O=C(O)C1=CC2CCC1C2. The molecular weight excluding hydrogens is 212 g/mol. The molecule has 0 heterocycles. The van der Waals surface area contributed by atoms with E-state index in [4.69, 9.17) is 5.11 Å². The van der Waals surface area contributed by atoms with E-state index in [1.54, 1.807) is 0 Å². The maximum Gasteiger partial charge on any atom is 0.331 e. The minimum Gasteiger partial charge on any atom is -0.478 e. The highest BCUT2D eigenvalue weighted by Crippen LogP contribution is 2.43. The van der Waals surface area contributed by atoms with Gasteiger partial charge >= 0.3 is 5.97 Å². The predicted octanol–water partition coefficient (Wildman–Crippen LogP) is 3.40. The van der Waals surface area contributed by atoms with Crippen LogP contribution in [-0.2, 0) is 4.79 Å². The Balaban J connectivity index is 0.000000113. The van der Waals surface area contributed by atoms with Crippen molar-refractivity contribution >= 4 is 5.97 Å². The maximum absolute atomic E-state index is 10.5. The van der Waals surface area contributed by atoms with Gasteiger partial charge in [-0.1, -0.05) is 18.2 Å². The van der Waals surface area contributed by atoms with E-state index in [9.17, 15) is 4.79 Å². The van der Waals surface area contributed by atoms with E-state index < -0.39 is 5.97 Å². The first-order valence-corrected chi connectivity index (χ1v) is 6.85. The van der Waals surface area contributed by atoms with E-state index >= 15 is 0 Å². The lowest BCUT2D eigenvalue weighted by atomic mass is 9.99. The Hall–Kier alpha value is -1.05. The molecule has 0 aromatic rings. The van der Waals surface area contributed by atoms with Gasteiger partial charge in [0.05, 0.1) is 0 Å². The van der Waals surface area contributed by atoms with Crippen molar-refractivity contribution in [3.8, 4) is 0 Å². The van der Waals surface area contributed by atoms with Crippen LogP contribution in [0.2, 0.25) is 0 Å². The van der Waals surface area contributed by atoms with Crippen molar-refractivity contribution in [2.75, 3.05) is 0 Å². The van der Waals surface area contributed by atoms with E-state index in [1.807, 2.05) is 6.08 Å². The summed E-state index contributed by atoms with van der Waals surface area (Å²) in [5.41, 5.74) is 0.677. The fraction of sp³-hybridized carbons (Fsp3) is 0.667. The monoisotopic (exact) mass is 232 g/mol. The number of aliphatic carboxylic acids is 1. The summed E-state index contributed by atoms with van der Waals surface area (Å²) in [6.07, 6.45) is 14.5. The molecule has 4 aliphatic carbocycles. The first-order valence-electron chi connectivity index (χ1n) is 6.85. The van der Waals surface area contributed by atoms with Crippen LogP contribution in [0.15, 0.2) is 23.8 Å². The molecular formula is C15H20O2. The Kier molecular flexibility index (Phi) is 2.81. The number of allylic oxidation sites excluding steroid dienone is 3. The van der Waals surface area contributed by atoms with Crippen LogP contribution in [0, 0.1) is 23.7 Å². The minimum atomic E-state index is -0.702. The Labute approximate surface area is 102 Å². The average Bonchev–Trinajstić information content (AvgIpc) is 3.10. The molecule has 0 aliphatic heterocycles. The van der Waals surface area contributed by atoms with Gasteiger partial charge in [0.15, 0.2) is 0 Å². The molecule has 2 heteroatoms. The quantitative estimate of drug-likeness (QED) is 0.703. The van der Waals surface area contributed by atoms with Gasteiger partial charge in [-0.05, 0) is 62.2 Å². The molecule has 92 valence electrons. The summed E-state index contributed by atoms with van der Waals surface area (Å²) < 4.78 is 0. The maximum atomic E-state index is 10.5. The Morgan fingerprint density at radius 2 is 1.65 bits per heavy atom. The van der Waals surface area contributed by atoms with Crippen LogP contribution in [0.1, 0.15) is 38.5 Å². The van der Waals surface area contributed by atoms with Gasteiger partial charge in [0.1, 0.15) is 0 Å².